The Morgan fingerprint density at radius 2 is 1.76 bits per heavy atom. The number of amides is 1. The van der Waals surface area contributed by atoms with E-state index in [9.17, 15) is 9.59 Å². The highest BCUT2D eigenvalue weighted by molar-refractivity contribution is 6.31. The maximum absolute atomic E-state index is 12.2. The van der Waals surface area contributed by atoms with Crippen molar-refractivity contribution >= 4 is 29.2 Å². The van der Waals surface area contributed by atoms with E-state index in [1.54, 1.807) is 12.1 Å². The fraction of sp³-hybridized carbons (Fsp3) is 0.125. The Morgan fingerprint density at radius 1 is 1.05 bits per heavy atom. The number of aromatic carboxylic acids is 1. The molecule has 4 nitrogen and oxygen atoms in total. The van der Waals surface area contributed by atoms with Crippen molar-refractivity contribution in [1.82, 2.24) is 0 Å². The molecule has 2 aromatic carbocycles. The zero-order valence-electron chi connectivity index (χ0n) is 11.6. The van der Waals surface area contributed by atoms with Crippen LogP contribution >= 0.6 is 11.6 Å². The van der Waals surface area contributed by atoms with E-state index in [2.05, 4.69) is 5.32 Å². The molecule has 108 valence electrons. The summed E-state index contributed by atoms with van der Waals surface area (Å²) in [6.45, 7) is 3.87. The lowest BCUT2D eigenvalue weighted by molar-refractivity contribution is 0.0698. The lowest BCUT2D eigenvalue weighted by Gasteiger charge is -2.10. The molecule has 0 unspecified atom stereocenters. The summed E-state index contributed by atoms with van der Waals surface area (Å²) in [5.74, 6) is -1.50. The van der Waals surface area contributed by atoms with Crippen LogP contribution < -0.4 is 5.32 Å². The number of hydrogen-bond acceptors (Lipinski definition) is 2. The van der Waals surface area contributed by atoms with Crippen LogP contribution in [-0.2, 0) is 0 Å². The zero-order chi connectivity index (χ0) is 15.6. The van der Waals surface area contributed by atoms with Crippen molar-refractivity contribution in [2.45, 2.75) is 13.8 Å². The van der Waals surface area contributed by atoms with Crippen LogP contribution in [0.2, 0.25) is 5.02 Å². The molecule has 0 aliphatic carbocycles. The first-order valence-corrected chi connectivity index (χ1v) is 6.67. The quantitative estimate of drug-likeness (QED) is 0.903. The summed E-state index contributed by atoms with van der Waals surface area (Å²) in [5.41, 5.74) is 2.72. The lowest BCUT2D eigenvalue weighted by atomic mass is 10.1. The van der Waals surface area contributed by atoms with Crippen LogP contribution in [0.5, 0.6) is 0 Å². The van der Waals surface area contributed by atoms with Crippen LogP contribution in [0.3, 0.4) is 0 Å². The number of carbonyl (C=O) groups is 2. The average Bonchev–Trinajstić information content (AvgIpc) is 2.41. The number of carbonyl (C=O) groups excluding carboxylic acids is 1. The summed E-state index contributed by atoms with van der Waals surface area (Å²) in [7, 11) is 0. The summed E-state index contributed by atoms with van der Waals surface area (Å²) < 4.78 is 0. The molecule has 2 rings (SSSR count). The number of aryl methyl sites for hydroxylation is 2. The summed E-state index contributed by atoms with van der Waals surface area (Å²) in [4.78, 5) is 23.4. The van der Waals surface area contributed by atoms with Crippen LogP contribution in [-0.4, -0.2) is 17.0 Å². The molecule has 0 saturated heterocycles. The number of anilines is 1. The Kier molecular flexibility index (Phi) is 4.29. The lowest BCUT2D eigenvalue weighted by Crippen LogP contribution is -2.15. The van der Waals surface area contributed by atoms with E-state index in [4.69, 9.17) is 16.7 Å². The number of benzene rings is 2. The van der Waals surface area contributed by atoms with Crippen molar-refractivity contribution in [1.29, 1.82) is 0 Å². The predicted molar refractivity (Wildman–Crippen MR) is 82.3 cm³/mol. The molecule has 0 aliphatic rings. The van der Waals surface area contributed by atoms with Gasteiger partial charge in [-0.15, -0.1) is 0 Å². The molecular formula is C16H14ClNO3. The Balaban J connectivity index is 2.33. The normalized spacial score (nSPS) is 10.2. The van der Waals surface area contributed by atoms with Gasteiger partial charge in [0.1, 0.15) is 0 Å². The van der Waals surface area contributed by atoms with Gasteiger partial charge in [-0.05, 0) is 55.3 Å². The van der Waals surface area contributed by atoms with E-state index < -0.39 is 5.97 Å². The topological polar surface area (TPSA) is 66.4 Å². The first kappa shape index (κ1) is 15.1. The van der Waals surface area contributed by atoms with Crippen molar-refractivity contribution in [2.24, 2.45) is 0 Å². The van der Waals surface area contributed by atoms with Gasteiger partial charge in [-0.1, -0.05) is 17.7 Å². The second-order valence-corrected chi connectivity index (χ2v) is 5.18. The van der Waals surface area contributed by atoms with E-state index in [0.717, 1.165) is 11.1 Å². The number of nitrogens with one attached hydrogen (secondary N) is 1. The van der Waals surface area contributed by atoms with Crippen molar-refractivity contribution in [3.63, 3.8) is 0 Å². The summed E-state index contributed by atoms with van der Waals surface area (Å²) in [6.07, 6.45) is 0. The molecule has 0 spiro atoms. The molecule has 0 aromatic heterocycles. The maximum Gasteiger partial charge on any atom is 0.337 e. The second kappa shape index (κ2) is 5.97. The standard InChI is InChI=1S/C16H14ClNO3/c1-9-3-4-11(7-10(9)2)15(19)18-14-8-12(17)5-6-13(14)16(20)21/h3-8H,1-2H3,(H,18,19)(H,20,21). The first-order valence-electron chi connectivity index (χ1n) is 6.30. The third-order valence-electron chi connectivity index (χ3n) is 3.23. The fourth-order valence-electron chi connectivity index (χ4n) is 1.88. The summed E-state index contributed by atoms with van der Waals surface area (Å²) in [5, 5.41) is 12.1. The van der Waals surface area contributed by atoms with Gasteiger partial charge in [0.25, 0.3) is 5.91 Å². The molecule has 0 atom stereocenters. The molecule has 0 fully saturated rings. The molecule has 21 heavy (non-hydrogen) atoms. The van der Waals surface area contributed by atoms with Gasteiger partial charge in [-0.3, -0.25) is 4.79 Å². The minimum Gasteiger partial charge on any atom is -0.478 e. The minimum absolute atomic E-state index is 0.00316. The number of hydrogen-bond donors (Lipinski definition) is 2. The highest BCUT2D eigenvalue weighted by Crippen LogP contribution is 2.22. The zero-order valence-corrected chi connectivity index (χ0v) is 12.4. The van der Waals surface area contributed by atoms with E-state index in [1.165, 1.54) is 18.2 Å². The number of carboxylic acids is 1. The van der Waals surface area contributed by atoms with Crippen LogP contribution in [0.4, 0.5) is 5.69 Å². The van der Waals surface area contributed by atoms with Gasteiger partial charge < -0.3 is 10.4 Å². The van der Waals surface area contributed by atoms with Gasteiger partial charge in [0.05, 0.1) is 11.3 Å². The van der Waals surface area contributed by atoms with E-state index >= 15 is 0 Å². The van der Waals surface area contributed by atoms with Gasteiger partial charge in [0.2, 0.25) is 0 Å². The second-order valence-electron chi connectivity index (χ2n) is 4.75. The minimum atomic E-state index is -1.12. The molecule has 0 aliphatic heterocycles. The molecule has 5 heteroatoms. The van der Waals surface area contributed by atoms with Gasteiger partial charge in [0, 0.05) is 10.6 Å². The summed E-state index contributed by atoms with van der Waals surface area (Å²) in [6, 6.07) is 9.56. The molecule has 0 bridgehead atoms. The smallest absolute Gasteiger partial charge is 0.337 e. The van der Waals surface area contributed by atoms with Crippen LogP contribution in [0.25, 0.3) is 0 Å². The van der Waals surface area contributed by atoms with E-state index in [-0.39, 0.29) is 17.2 Å². The molecular weight excluding hydrogens is 290 g/mol. The SMILES string of the molecule is Cc1ccc(C(=O)Nc2cc(Cl)ccc2C(=O)O)cc1C. The van der Waals surface area contributed by atoms with Gasteiger partial charge in [-0.25, -0.2) is 4.79 Å². The molecule has 1 amide bonds. The Hall–Kier alpha value is -2.33. The Labute approximate surface area is 127 Å². The van der Waals surface area contributed by atoms with Crippen LogP contribution in [0.15, 0.2) is 36.4 Å². The highest BCUT2D eigenvalue weighted by Gasteiger charge is 2.14. The molecule has 0 radical (unpaired) electrons. The Morgan fingerprint density at radius 3 is 2.38 bits per heavy atom. The van der Waals surface area contributed by atoms with Crippen LogP contribution in [0, 0.1) is 13.8 Å². The Bertz CT molecular complexity index is 725. The van der Waals surface area contributed by atoms with Gasteiger partial charge >= 0.3 is 5.97 Å². The molecule has 2 N–H and O–H groups in total. The van der Waals surface area contributed by atoms with Crippen molar-refractivity contribution < 1.29 is 14.7 Å². The highest BCUT2D eigenvalue weighted by atomic mass is 35.5. The number of halogens is 1. The van der Waals surface area contributed by atoms with E-state index in [0.29, 0.717) is 10.6 Å². The third-order valence-corrected chi connectivity index (χ3v) is 3.46. The van der Waals surface area contributed by atoms with Crippen molar-refractivity contribution in [3.05, 3.63) is 63.7 Å². The monoisotopic (exact) mass is 303 g/mol. The van der Waals surface area contributed by atoms with Crippen LogP contribution in [0.1, 0.15) is 31.8 Å². The van der Waals surface area contributed by atoms with E-state index in [1.807, 2.05) is 19.9 Å². The predicted octanol–water partition coefficient (Wildman–Crippen LogP) is 3.91. The fourth-order valence-corrected chi connectivity index (χ4v) is 2.06. The molecule has 0 saturated carbocycles. The maximum atomic E-state index is 12.2. The number of rotatable bonds is 3. The molecule has 0 heterocycles. The van der Waals surface area contributed by atoms with Gasteiger partial charge in [-0.2, -0.15) is 0 Å². The van der Waals surface area contributed by atoms with Gasteiger partial charge in [0.15, 0.2) is 0 Å². The van der Waals surface area contributed by atoms with Crippen molar-refractivity contribution in [3.8, 4) is 0 Å². The largest absolute Gasteiger partial charge is 0.478 e. The average molecular weight is 304 g/mol. The third kappa shape index (κ3) is 3.41. The van der Waals surface area contributed by atoms with Crippen molar-refractivity contribution in [2.75, 3.05) is 5.32 Å². The summed E-state index contributed by atoms with van der Waals surface area (Å²) >= 11 is 5.85. The first-order chi connectivity index (χ1) is 9.88. The molecule has 2 aromatic rings. The number of carboxylic acid groups (broad SMARTS) is 1.